The third kappa shape index (κ3) is 3.26. The first kappa shape index (κ1) is 19.5. The first-order chi connectivity index (χ1) is 14.4. The number of aliphatic hydroxyl groups is 1. The summed E-state index contributed by atoms with van der Waals surface area (Å²) in [4.78, 5) is 27.5. The number of anilines is 1. The summed E-state index contributed by atoms with van der Waals surface area (Å²) in [6, 6.07) is 14.8. The van der Waals surface area contributed by atoms with Crippen LogP contribution < -0.4 is 9.64 Å². The number of amides is 1. The molecule has 30 heavy (non-hydrogen) atoms. The zero-order chi connectivity index (χ0) is 21.4. The molecule has 4 rings (SSSR count). The molecule has 0 bridgehead atoms. The van der Waals surface area contributed by atoms with E-state index in [2.05, 4.69) is 0 Å². The number of nitrogens with zero attached hydrogens (tertiary/aromatic N) is 1. The van der Waals surface area contributed by atoms with Gasteiger partial charge in [-0.15, -0.1) is 0 Å². The second-order valence-electron chi connectivity index (χ2n) is 7.26. The van der Waals surface area contributed by atoms with Crippen molar-refractivity contribution in [2.45, 2.75) is 19.9 Å². The Bertz CT molecular complexity index is 1120. The van der Waals surface area contributed by atoms with Gasteiger partial charge in [0.15, 0.2) is 0 Å². The number of ether oxygens (including phenoxy) is 1. The molecule has 1 N–H and O–H groups in total. The van der Waals surface area contributed by atoms with Crippen molar-refractivity contribution in [3.63, 3.8) is 0 Å². The summed E-state index contributed by atoms with van der Waals surface area (Å²) < 4.78 is 10.7. The molecular formula is C24H21NO5. The zero-order valence-electron chi connectivity index (χ0n) is 16.9. The van der Waals surface area contributed by atoms with Gasteiger partial charge in [-0.05, 0) is 73.5 Å². The summed E-state index contributed by atoms with van der Waals surface area (Å²) in [5, 5.41) is 11.0. The lowest BCUT2D eigenvalue weighted by Gasteiger charge is -2.24. The highest BCUT2D eigenvalue weighted by molar-refractivity contribution is 6.51. The maximum Gasteiger partial charge on any atom is 0.300 e. The normalized spacial score (nSPS) is 18.1. The number of carbonyl (C=O) groups excluding carboxylic acids is 2. The summed E-state index contributed by atoms with van der Waals surface area (Å²) in [7, 11) is 1.54. The summed E-state index contributed by atoms with van der Waals surface area (Å²) in [6.45, 7) is 3.85. The Balaban J connectivity index is 1.91. The van der Waals surface area contributed by atoms with Crippen LogP contribution in [0.15, 0.2) is 70.9 Å². The average molecular weight is 403 g/mol. The number of aryl methyl sites for hydroxylation is 2. The lowest BCUT2D eigenvalue weighted by Crippen LogP contribution is -2.29. The Morgan fingerprint density at radius 1 is 1.03 bits per heavy atom. The Morgan fingerprint density at radius 3 is 2.27 bits per heavy atom. The average Bonchev–Trinajstić information content (AvgIpc) is 3.34. The zero-order valence-corrected chi connectivity index (χ0v) is 16.9. The van der Waals surface area contributed by atoms with Gasteiger partial charge in [-0.2, -0.15) is 0 Å². The van der Waals surface area contributed by atoms with E-state index >= 15 is 0 Å². The van der Waals surface area contributed by atoms with Crippen molar-refractivity contribution in [2.24, 2.45) is 0 Å². The van der Waals surface area contributed by atoms with Crippen LogP contribution in [0.4, 0.5) is 5.69 Å². The van der Waals surface area contributed by atoms with Crippen LogP contribution in [-0.4, -0.2) is 23.9 Å². The summed E-state index contributed by atoms with van der Waals surface area (Å²) in [5.74, 6) is -0.724. The second kappa shape index (κ2) is 7.55. The number of furan rings is 1. The Labute approximate surface area is 174 Å². The van der Waals surface area contributed by atoms with E-state index in [-0.39, 0.29) is 11.3 Å². The van der Waals surface area contributed by atoms with E-state index in [4.69, 9.17) is 9.15 Å². The Hall–Kier alpha value is -3.80. The maximum absolute atomic E-state index is 13.1. The van der Waals surface area contributed by atoms with E-state index in [0.717, 1.165) is 11.1 Å². The monoisotopic (exact) mass is 403 g/mol. The van der Waals surface area contributed by atoms with E-state index < -0.39 is 17.7 Å². The number of aliphatic hydroxyl groups excluding tert-OH is 1. The standard InChI is InChI=1S/C24H21NO5/c1-14-11-15(2)13-17(12-14)25-21(19-5-4-10-30-19)20(23(27)24(25)28)22(26)16-6-8-18(29-3)9-7-16/h4-13,21,26H,1-3H3/b22-20-. The molecule has 1 aliphatic heterocycles. The lowest BCUT2D eigenvalue weighted by atomic mass is 9.99. The SMILES string of the molecule is COc1ccc(/C(O)=C2/C(=O)C(=O)N(c3cc(C)cc(C)c3)C2c2ccco2)cc1. The number of Topliss-reactive ketones (excluding diaryl/α,β-unsaturated/α-hetero) is 1. The van der Waals surface area contributed by atoms with Crippen LogP contribution in [0.2, 0.25) is 0 Å². The van der Waals surface area contributed by atoms with Gasteiger partial charge in [-0.1, -0.05) is 6.07 Å². The predicted octanol–water partition coefficient (Wildman–Crippen LogP) is 4.53. The molecule has 1 saturated heterocycles. The summed E-state index contributed by atoms with van der Waals surface area (Å²) in [5.41, 5.74) is 2.88. The van der Waals surface area contributed by atoms with E-state index in [0.29, 0.717) is 22.8 Å². The smallest absolute Gasteiger partial charge is 0.300 e. The number of ketones is 1. The minimum atomic E-state index is -0.872. The van der Waals surface area contributed by atoms with Crippen LogP contribution >= 0.6 is 0 Å². The molecular weight excluding hydrogens is 382 g/mol. The van der Waals surface area contributed by atoms with Crippen molar-refractivity contribution in [1.29, 1.82) is 0 Å². The van der Waals surface area contributed by atoms with Gasteiger partial charge in [0.25, 0.3) is 11.7 Å². The fourth-order valence-corrected chi connectivity index (χ4v) is 3.81. The number of hydrogen-bond donors (Lipinski definition) is 1. The minimum absolute atomic E-state index is 0.0146. The molecule has 6 nitrogen and oxygen atoms in total. The summed E-state index contributed by atoms with van der Waals surface area (Å²) in [6.07, 6.45) is 1.48. The first-order valence-corrected chi connectivity index (χ1v) is 9.48. The van der Waals surface area contributed by atoms with E-state index in [1.54, 1.807) is 43.5 Å². The molecule has 2 aromatic carbocycles. The molecule has 1 aliphatic rings. The van der Waals surface area contributed by atoms with Gasteiger partial charge in [0.1, 0.15) is 23.3 Å². The van der Waals surface area contributed by atoms with Crippen molar-refractivity contribution in [1.82, 2.24) is 0 Å². The van der Waals surface area contributed by atoms with Gasteiger partial charge in [0.05, 0.1) is 18.9 Å². The third-order valence-electron chi connectivity index (χ3n) is 5.11. The molecule has 0 spiro atoms. The highest BCUT2D eigenvalue weighted by Crippen LogP contribution is 2.42. The second-order valence-corrected chi connectivity index (χ2v) is 7.26. The van der Waals surface area contributed by atoms with Crippen LogP contribution in [0.1, 0.15) is 28.5 Å². The van der Waals surface area contributed by atoms with Crippen molar-refractivity contribution in [2.75, 3.05) is 12.0 Å². The van der Waals surface area contributed by atoms with Crippen molar-refractivity contribution in [3.8, 4) is 5.75 Å². The van der Waals surface area contributed by atoms with Gasteiger partial charge in [-0.3, -0.25) is 14.5 Å². The first-order valence-electron chi connectivity index (χ1n) is 9.48. The van der Waals surface area contributed by atoms with Gasteiger partial charge in [0, 0.05) is 11.3 Å². The molecule has 6 heteroatoms. The van der Waals surface area contributed by atoms with Crippen molar-refractivity contribution < 1.29 is 23.8 Å². The molecule has 0 saturated carbocycles. The summed E-state index contributed by atoms with van der Waals surface area (Å²) >= 11 is 0. The van der Waals surface area contributed by atoms with Crippen LogP contribution in [0.25, 0.3) is 5.76 Å². The largest absolute Gasteiger partial charge is 0.507 e. The predicted molar refractivity (Wildman–Crippen MR) is 112 cm³/mol. The fourth-order valence-electron chi connectivity index (χ4n) is 3.81. The molecule has 152 valence electrons. The molecule has 1 unspecified atom stereocenters. The van der Waals surface area contributed by atoms with E-state index in [1.165, 1.54) is 11.2 Å². The number of hydrogen-bond acceptors (Lipinski definition) is 5. The van der Waals surface area contributed by atoms with Crippen molar-refractivity contribution in [3.05, 3.63) is 88.9 Å². The quantitative estimate of drug-likeness (QED) is 0.393. The highest BCUT2D eigenvalue weighted by atomic mass is 16.5. The number of carbonyl (C=O) groups is 2. The topological polar surface area (TPSA) is 80.0 Å². The molecule has 0 radical (unpaired) electrons. The highest BCUT2D eigenvalue weighted by Gasteiger charge is 2.48. The minimum Gasteiger partial charge on any atom is -0.507 e. The maximum atomic E-state index is 13.1. The van der Waals surface area contributed by atoms with Gasteiger partial charge in [0.2, 0.25) is 0 Å². The van der Waals surface area contributed by atoms with Crippen molar-refractivity contribution >= 4 is 23.1 Å². The van der Waals surface area contributed by atoms with Gasteiger partial charge in [-0.25, -0.2) is 0 Å². The molecule has 2 heterocycles. The molecule has 1 fully saturated rings. The van der Waals surface area contributed by atoms with Crippen LogP contribution in [0.3, 0.4) is 0 Å². The third-order valence-corrected chi connectivity index (χ3v) is 5.11. The lowest BCUT2D eigenvalue weighted by molar-refractivity contribution is -0.132. The molecule has 3 aromatic rings. The molecule has 1 amide bonds. The Kier molecular flexibility index (Phi) is 4.91. The number of methoxy groups -OCH3 is 1. The number of rotatable bonds is 4. The van der Waals surface area contributed by atoms with E-state index in [9.17, 15) is 14.7 Å². The van der Waals surface area contributed by atoms with Crippen LogP contribution in [0.5, 0.6) is 5.75 Å². The molecule has 1 aromatic heterocycles. The van der Waals surface area contributed by atoms with Gasteiger partial charge < -0.3 is 14.3 Å². The van der Waals surface area contributed by atoms with Crippen LogP contribution in [0, 0.1) is 13.8 Å². The van der Waals surface area contributed by atoms with Crippen LogP contribution in [-0.2, 0) is 9.59 Å². The fraction of sp³-hybridized carbons (Fsp3) is 0.167. The Morgan fingerprint density at radius 2 is 1.70 bits per heavy atom. The molecule has 0 aliphatic carbocycles. The number of benzene rings is 2. The van der Waals surface area contributed by atoms with E-state index in [1.807, 2.05) is 32.0 Å². The van der Waals surface area contributed by atoms with Gasteiger partial charge >= 0.3 is 0 Å². The molecule has 1 atom stereocenters.